The SMILES string of the molecule is CC(=O)NC1C(O)CC(O)(C(=O)O)OC1CNC12CC3CC(CC(C3)C1)C2. The molecule has 4 atom stereocenters. The van der Waals surface area contributed by atoms with Crippen LogP contribution in [0.3, 0.4) is 0 Å². The Hall–Kier alpha value is -1.22. The lowest BCUT2D eigenvalue weighted by molar-refractivity contribution is -0.276. The standard InChI is InChI=1S/C19H30N2O6/c1-10(22)21-16-14(23)8-19(26,17(24)25)27-15(16)9-20-18-5-11-2-12(6-18)4-13(3-11)7-18/h11-16,20,23,26H,2-9H2,1H3,(H,21,22)(H,24,25). The molecule has 0 radical (unpaired) electrons. The van der Waals surface area contributed by atoms with Crippen LogP contribution in [-0.4, -0.2) is 63.3 Å². The molecule has 4 saturated carbocycles. The van der Waals surface area contributed by atoms with Crippen molar-refractivity contribution >= 4 is 11.9 Å². The van der Waals surface area contributed by atoms with Crippen molar-refractivity contribution in [2.24, 2.45) is 17.8 Å². The summed E-state index contributed by atoms with van der Waals surface area (Å²) in [7, 11) is 0. The number of aliphatic hydroxyl groups excluding tert-OH is 1. The van der Waals surface area contributed by atoms with Crippen LogP contribution in [0.15, 0.2) is 0 Å². The fourth-order valence-electron chi connectivity index (χ4n) is 6.40. The lowest BCUT2D eigenvalue weighted by atomic mass is 9.53. The zero-order valence-electron chi connectivity index (χ0n) is 15.7. The van der Waals surface area contributed by atoms with Crippen molar-refractivity contribution in [3.05, 3.63) is 0 Å². The van der Waals surface area contributed by atoms with Gasteiger partial charge in [-0.15, -0.1) is 0 Å². The third-order valence-corrected chi connectivity index (χ3v) is 7.07. The highest BCUT2D eigenvalue weighted by Gasteiger charge is 2.53. The molecule has 5 rings (SSSR count). The van der Waals surface area contributed by atoms with Crippen LogP contribution < -0.4 is 10.6 Å². The van der Waals surface area contributed by atoms with Crippen LogP contribution in [0.2, 0.25) is 0 Å². The zero-order valence-corrected chi connectivity index (χ0v) is 15.7. The summed E-state index contributed by atoms with van der Waals surface area (Å²) in [6.45, 7) is 1.62. The molecule has 5 fully saturated rings. The van der Waals surface area contributed by atoms with Gasteiger partial charge in [0.05, 0.1) is 18.2 Å². The lowest BCUT2D eigenvalue weighted by Gasteiger charge is -2.57. The summed E-state index contributed by atoms with van der Waals surface area (Å²) >= 11 is 0. The average molecular weight is 382 g/mol. The van der Waals surface area contributed by atoms with Crippen molar-refractivity contribution in [1.29, 1.82) is 0 Å². The Morgan fingerprint density at radius 2 is 1.63 bits per heavy atom. The first kappa shape index (κ1) is 19.1. The minimum atomic E-state index is -2.44. The maximum Gasteiger partial charge on any atom is 0.364 e. The van der Waals surface area contributed by atoms with Crippen molar-refractivity contribution in [3.63, 3.8) is 0 Å². The third-order valence-electron chi connectivity index (χ3n) is 7.07. The number of carboxylic acid groups (broad SMARTS) is 1. The van der Waals surface area contributed by atoms with Crippen molar-refractivity contribution < 1.29 is 29.6 Å². The van der Waals surface area contributed by atoms with E-state index in [1.807, 2.05) is 0 Å². The van der Waals surface area contributed by atoms with Gasteiger partial charge in [0, 0.05) is 25.4 Å². The van der Waals surface area contributed by atoms with E-state index in [0.29, 0.717) is 0 Å². The predicted molar refractivity (Wildman–Crippen MR) is 94.6 cm³/mol. The molecular formula is C19H30N2O6. The zero-order chi connectivity index (χ0) is 19.4. The van der Waals surface area contributed by atoms with E-state index in [1.165, 1.54) is 26.2 Å². The Labute approximate surface area is 158 Å². The quantitative estimate of drug-likeness (QED) is 0.452. The number of aliphatic carboxylic acids is 1. The molecule has 1 heterocycles. The Balaban J connectivity index is 1.48. The molecule has 5 N–H and O–H groups in total. The number of carboxylic acids is 1. The van der Waals surface area contributed by atoms with Crippen LogP contribution in [0, 0.1) is 17.8 Å². The van der Waals surface area contributed by atoms with Crippen LogP contribution in [0.4, 0.5) is 0 Å². The van der Waals surface area contributed by atoms with Gasteiger partial charge in [0.15, 0.2) is 0 Å². The predicted octanol–water partition coefficient (Wildman–Crippen LogP) is -0.0275. The molecule has 8 heteroatoms. The fourth-order valence-corrected chi connectivity index (χ4v) is 6.40. The molecule has 1 saturated heterocycles. The van der Waals surface area contributed by atoms with Gasteiger partial charge < -0.3 is 30.7 Å². The summed E-state index contributed by atoms with van der Waals surface area (Å²) in [5.74, 6) is -2.04. The van der Waals surface area contributed by atoms with Crippen molar-refractivity contribution in [1.82, 2.24) is 10.6 Å². The number of aliphatic hydroxyl groups is 2. The van der Waals surface area contributed by atoms with Crippen LogP contribution in [0.25, 0.3) is 0 Å². The van der Waals surface area contributed by atoms with Crippen LogP contribution in [0.5, 0.6) is 0 Å². The Morgan fingerprint density at radius 1 is 1.07 bits per heavy atom. The highest BCUT2D eigenvalue weighted by atomic mass is 16.7. The van der Waals surface area contributed by atoms with E-state index in [2.05, 4.69) is 10.6 Å². The van der Waals surface area contributed by atoms with Crippen molar-refractivity contribution in [2.45, 2.75) is 81.4 Å². The minimum Gasteiger partial charge on any atom is -0.477 e. The second-order valence-electron chi connectivity index (χ2n) is 9.32. The van der Waals surface area contributed by atoms with Crippen LogP contribution in [0.1, 0.15) is 51.9 Å². The number of carbonyl (C=O) groups is 2. The topological polar surface area (TPSA) is 128 Å². The van der Waals surface area contributed by atoms with E-state index in [1.54, 1.807) is 0 Å². The minimum absolute atomic E-state index is 0.0304. The molecule has 1 amide bonds. The smallest absolute Gasteiger partial charge is 0.364 e. The first-order valence-corrected chi connectivity index (χ1v) is 10.0. The maximum absolute atomic E-state index is 11.5. The Morgan fingerprint density at radius 3 is 2.11 bits per heavy atom. The summed E-state index contributed by atoms with van der Waals surface area (Å²) in [6.07, 6.45) is 4.76. The highest BCUT2D eigenvalue weighted by molar-refractivity contribution is 5.76. The van der Waals surface area contributed by atoms with Gasteiger partial charge in [0.1, 0.15) is 0 Å². The number of amides is 1. The van der Waals surface area contributed by atoms with Gasteiger partial charge in [0.2, 0.25) is 5.91 Å². The van der Waals surface area contributed by atoms with E-state index in [4.69, 9.17) is 4.74 Å². The molecule has 5 aliphatic rings. The van der Waals surface area contributed by atoms with E-state index in [9.17, 15) is 24.9 Å². The first-order valence-electron chi connectivity index (χ1n) is 10.0. The molecule has 4 aliphatic carbocycles. The van der Waals surface area contributed by atoms with Crippen LogP contribution in [-0.2, 0) is 14.3 Å². The summed E-state index contributed by atoms with van der Waals surface area (Å²) in [6, 6.07) is -0.761. The summed E-state index contributed by atoms with van der Waals surface area (Å²) < 4.78 is 5.50. The van der Waals surface area contributed by atoms with Gasteiger partial charge in [0.25, 0.3) is 5.79 Å². The second kappa shape index (κ2) is 6.69. The highest BCUT2D eigenvalue weighted by Crippen LogP contribution is 2.55. The molecule has 152 valence electrons. The molecule has 1 aliphatic heterocycles. The maximum atomic E-state index is 11.5. The number of hydrogen-bond donors (Lipinski definition) is 5. The monoisotopic (exact) mass is 382 g/mol. The largest absolute Gasteiger partial charge is 0.477 e. The van der Waals surface area contributed by atoms with Gasteiger partial charge in [-0.25, -0.2) is 4.79 Å². The molecule has 0 aromatic heterocycles. The van der Waals surface area contributed by atoms with Crippen molar-refractivity contribution in [2.75, 3.05) is 6.54 Å². The van der Waals surface area contributed by atoms with Crippen molar-refractivity contribution in [3.8, 4) is 0 Å². The molecule has 27 heavy (non-hydrogen) atoms. The molecule has 4 bridgehead atoms. The molecule has 8 nitrogen and oxygen atoms in total. The molecule has 0 aromatic rings. The van der Waals surface area contributed by atoms with E-state index < -0.39 is 36.4 Å². The van der Waals surface area contributed by atoms with E-state index in [-0.39, 0.29) is 18.0 Å². The average Bonchev–Trinajstić information content (AvgIpc) is 2.54. The molecule has 0 aromatic carbocycles. The molecule has 0 spiro atoms. The molecular weight excluding hydrogens is 352 g/mol. The number of carbonyl (C=O) groups excluding carboxylic acids is 1. The third kappa shape index (κ3) is 3.60. The number of ether oxygens (including phenoxy) is 1. The van der Waals surface area contributed by atoms with Gasteiger partial charge >= 0.3 is 5.97 Å². The normalized spacial score (nSPS) is 48.4. The number of hydrogen-bond acceptors (Lipinski definition) is 6. The summed E-state index contributed by atoms with van der Waals surface area (Å²) in [5.41, 5.74) is 0.0304. The first-order chi connectivity index (χ1) is 12.7. The van der Waals surface area contributed by atoms with Gasteiger partial charge in [-0.2, -0.15) is 0 Å². The van der Waals surface area contributed by atoms with Gasteiger partial charge in [-0.3, -0.25) is 4.79 Å². The molecule has 4 unspecified atom stereocenters. The summed E-state index contributed by atoms with van der Waals surface area (Å²) in [5, 5.41) is 36.2. The Bertz CT molecular complexity index is 590. The lowest BCUT2D eigenvalue weighted by Crippen LogP contribution is -2.67. The fraction of sp³-hybridized carbons (Fsp3) is 0.895. The second-order valence-corrected chi connectivity index (χ2v) is 9.32. The van der Waals surface area contributed by atoms with Crippen LogP contribution >= 0.6 is 0 Å². The van der Waals surface area contributed by atoms with Gasteiger partial charge in [-0.1, -0.05) is 0 Å². The van der Waals surface area contributed by atoms with E-state index >= 15 is 0 Å². The Kier molecular flexibility index (Phi) is 4.73. The van der Waals surface area contributed by atoms with E-state index in [0.717, 1.165) is 37.0 Å². The summed E-state index contributed by atoms with van der Waals surface area (Å²) in [4.78, 5) is 23.0. The number of nitrogens with one attached hydrogen (secondary N) is 2. The van der Waals surface area contributed by atoms with Gasteiger partial charge in [-0.05, 0) is 56.3 Å². The number of rotatable bonds is 5.